The number of benzene rings is 1. The summed E-state index contributed by atoms with van der Waals surface area (Å²) in [5, 5.41) is 2.99. The van der Waals surface area contributed by atoms with Gasteiger partial charge in [0.2, 0.25) is 0 Å². The first-order valence-electron chi connectivity index (χ1n) is 8.56. The topological polar surface area (TPSA) is 67.0 Å². The van der Waals surface area contributed by atoms with Crippen LogP contribution in [0.3, 0.4) is 0 Å². The van der Waals surface area contributed by atoms with Crippen molar-refractivity contribution in [3.63, 3.8) is 0 Å². The highest BCUT2D eigenvalue weighted by atomic mass is 16.3. The molecule has 2 aromatic rings. The molecule has 0 spiro atoms. The molecule has 0 bridgehead atoms. The Morgan fingerprint density at radius 3 is 2.60 bits per heavy atom. The first-order valence-corrected chi connectivity index (χ1v) is 8.56. The van der Waals surface area contributed by atoms with Crippen LogP contribution in [-0.2, 0) is 4.79 Å². The van der Waals surface area contributed by atoms with Gasteiger partial charge < -0.3 is 19.5 Å². The molecule has 1 fully saturated rings. The zero-order valence-electron chi connectivity index (χ0n) is 14.7. The molecule has 1 aromatic heterocycles. The van der Waals surface area contributed by atoms with Crippen LogP contribution < -0.4 is 10.2 Å². The number of hydrogen-bond acceptors (Lipinski definition) is 3. The lowest BCUT2D eigenvalue weighted by atomic mass is 10.1. The fourth-order valence-corrected chi connectivity index (χ4v) is 3.13. The maximum Gasteiger partial charge on any atom is 0.289 e. The average Bonchev–Trinajstić information content (AvgIpc) is 3.12. The Morgan fingerprint density at radius 2 is 1.96 bits per heavy atom. The van der Waals surface area contributed by atoms with Crippen LogP contribution in [0.5, 0.6) is 0 Å². The van der Waals surface area contributed by atoms with E-state index in [1.165, 1.54) is 16.7 Å². The Morgan fingerprint density at radius 1 is 1.20 bits per heavy atom. The molecule has 25 heavy (non-hydrogen) atoms. The molecule has 6 heteroatoms. The Labute approximate surface area is 147 Å². The van der Waals surface area contributed by atoms with Gasteiger partial charge in [-0.2, -0.15) is 0 Å². The van der Waals surface area contributed by atoms with Gasteiger partial charge in [0.05, 0.1) is 32.4 Å². The highest BCUT2D eigenvalue weighted by molar-refractivity contribution is 5.92. The fraction of sp³-hybridized carbons (Fsp3) is 0.368. The fourth-order valence-electron chi connectivity index (χ4n) is 3.13. The Bertz CT molecular complexity index is 747. The lowest BCUT2D eigenvalue weighted by Crippen LogP contribution is -3.15. The second kappa shape index (κ2) is 7.53. The molecule has 2 N–H and O–H groups in total. The van der Waals surface area contributed by atoms with Gasteiger partial charge in [0.25, 0.3) is 11.8 Å². The molecule has 2 amide bonds. The quantitative estimate of drug-likeness (QED) is 0.867. The van der Waals surface area contributed by atoms with E-state index in [-0.39, 0.29) is 11.8 Å². The van der Waals surface area contributed by atoms with Gasteiger partial charge in [-0.1, -0.05) is 17.7 Å². The minimum atomic E-state index is -0.0798. The van der Waals surface area contributed by atoms with Crippen molar-refractivity contribution in [2.24, 2.45) is 0 Å². The molecule has 3 rings (SSSR count). The zero-order valence-corrected chi connectivity index (χ0v) is 14.7. The number of furan rings is 1. The summed E-state index contributed by atoms with van der Waals surface area (Å²) in [5.74, 6) is 0.299. The molecule has 1 aliphatic heterocycles. The molecule has 0 atom stereocenters. The first kappa shape index (κ1) is 17.2. The molecular formula is C19H24N3O3+. The van der Waals surface area contributed by atoms with Crippen LogP contribution in [-0.4, -0.2) is 49.4 Å². The lowest BCUT2D eigenvalue weighted by Gasteiger charge is -2.31. The summed E-state index contributed by atoms with van der Waals surface area (Å²) in [6.45, 7) is 7.22. The van der Waals surface area contributed by atoms with Crippen LogP contribution in [0.15, 0.2) is 41.0 Å². The van der Waals surface area contributed by atoms with Crippen molar-refractivity contribution >= 4 is 17.5 Å². The summed E-state index contributed by atoms with van der Waals surface area (Å²) in [7, 11) is 0. The molecule has 2 heterocycles. The second-order valence-corrected chi connectivity index (χ2v) is 6.56. The molecule has 132 valence electrons. The van der Waals surface area contributed by atoms with Crippen molar-refractivity contribution in [1.29, 1.82) is 0 Å². The first-order chi connectivity index (χ1) is 12.0. The molecule has 1 saturated heterocycles. The molecule has 0 unspecified atom stereocenters. The van der Waals surface area contributed by atoms with E-state index in [2.05, 4.69) is 11.4 Å². The number of piperazine rings is 1. The number of carbonyl (C=O) groups is 2. The van der Waals surface area contributed by atoms with Gasteiger partial charge in [-0.25, -0.2) is 0 Å². The Kier molecular flexibility index (Phi) is 5.19. The van der Waals surface area contributed by atoms with Crippen LogP contribution >= 0.6 is 0 Å². The third-order valence-corrected chi connectivity index (χ3v) is 4.56. The van der Waals surface area contributed by atoms with E-state index in [4.69, 9.17) is 4.42 Å². The molecular weight excluding hydrogens is 318 g/mol. The maximum atomic E-state index is 12.3. The highest BCUT2D eigenvalue weighted by Crippen LogP contribution is 2.15. The predicted molar refractivity (Wildman–Crippen MR) is 94.7 cm³/mol. The van der Waals surface area contributed by atoms with Crippen LogP contribution in [0.4, 0.5) is 5.69 Å². The van der Waals surface area contributed by atoms with E-state index >= 15 is 0 Å². The summed E-state index contributed by atoms with van der Waals surface area (Å²) < 4.78 is 5.16. The van der Waals surface area contributed by atoms with Crippen LogP contribution in [0.1, 0.15) is 21.7 Å². The molecule has 0 aliphatic carbocycles. The standard InChI is InChI=1S/C19H23N3O3/c1-14-5-6-16(15(2)12-14)20-18(23)13-21-7-9-22(10-8-21)19(24)17-4-3-11-25-17/h3-6,11-12H,7-10,13H2,1-2H3,(H,20,23)/p+1. The van der Waals surface area contributed by atoms with Gasteiger partial charge >= 0.3 is 0 Å². The molecule has 0 radical (unpaired) electrons. The minimum Gasteiger partial charge on any atom is -0.459 e. The average molecular weight is 342 g/mol. The summed E-state index contributed by atoms with van der Waals surface area (Å²) >= 11 is 0. The van der Waals surface area contributed by atoms with Crippen LogP contribution in [0, 0.1) is 13.8 Å². The largest absolute Gasteiger partial charge is 0.459 e. The Hall–Kier alpha value is -2.60. The smallest absolute Gasteiger partial charge is 0.289 e. The second-order valence-electron chi connectivity index (χ2n) is 6.56. The molecule has 0 saturated carbocycles. The van der Waals surface area contributed by atoms with Crippen LogP contribution in [0.25, 0.3) is 0 Å². The van der Waals surface area contributed by atoms with E-state index in [1.54, 1.807) is 17.0 Å². The van der Waals surface area contributed by atoms with E-state index in [9.17, 15) is 9.59 Å². The van der Waals surface area contributed by atoms with Gasteiger partial charge in [0, 0.05) is 5.69 Å². The molecule has 6 nitrogen and oxygen atoms in total. The highest BCUT2D eigenvalue weighted by Gasteiger charge is 2.27. The zero-order chi connectivity index (χ0) is 17.8. The maximum absolute atomic E-state index is 12.3. The summed E-state index contributed by atoms with van der Waals surface area (Å²) in [4.78, 5) is 27.5. The number of nitrogens with one attached hydrogen (secondary N) is 2. The van der Waals surface area contributed by atoms with Crippen molar-refractivity contribution in [3.8, 4) is 0 Å². The van der Waals surface area contributed by atoms with Crippen molar-refractivity contribution < 1.29 is 18.9 Å². The number of hydrogen-bond donors (Lipinski definition) is 2. The summed E-state index contributed by atoms with van der Waals surface area (Å²) in [5.41, 5.74) is 3.11. The van der Waals surface area contributed by atoms with Crippen molar-refractivity contribution in [2.75, 3.05) is 38.0 Å². The summed E-state index contributed by atoms with van der Waals surface area (Å²) in [6, 6.07) is 9.39. The predicted octanol–water partition coefficient (Wildman–Crippen LogP) is 0.876. The van der Waals surface area contributed by atoms with Gasteiger partial charge in [0.15, 0.2) is 12.3 Å². The van der Waals surface area contributed by atoms with E-state index in [0.29, 0.717) is 25.4 Å². The number of amides is 2. The minimum absolute atomic E-state index is 0.00719. The van der Waals surface area contributed by atoms with Crippen molar-refractivity contribution in [1.82, 2.24) is 4.90 Å². The van der Waals surface area contributed by atoms with Gasteiger partial charge in [0.1, 0.15) is 0 Å². The number of rotatable bonds is 4. The van der Waals surface area contributed by atoms with Crippen molar-refractivity contribution in [2.45, 2.75) is 13.8 Å². The van der Waals surface area contributed by atoms with E-state index < -0.39 is 0 Å². The third-order valence-electron chi connectivity index (χ3n) is 4.56. The lowest BCUT2D eigenvalue weighted by molar-refractivity contribution is -0.895. The number of anilines is 1. The van der Waals surface area contributed by atoms with E-state index in [1.807, 2.05) is 26.0 Å². The number of quaternary nitrogens is 1. The molecule has 1 aromatic carbocycles. The van der Waals surface area contributed by atoms with Crippen LogP contribution in [0.2, 0.25) is 0 Å². The number of nitrogens with zero attached hydrogens (tertiary/aromatic N) is 1. The number of carbonyl (C=O) groups excluding carboxylic acids is 2. The van der Waals surface area contributed by atoms with Gasteiger partial charge in [-0.05, 0) is 37.6 Å². The third kappa shape index (κ3) is 4.28. The number of aryl methyl sites for hydroxylation is 2. The molecule has 1 aliphatic rings. The summed E-state index contributed by atoms with van der Waals surface area (Å²) in [6.07, 6.45) is 1.51. The van der Waals surface area contributed by atoms with Gasteiger partial charge in [-0.15, -0.1) is 0 Å². The van der Waals surface area contributed by atoms with Gasteiger partial charge in [-0.3, -0.25) is 9.59 Å². The monoisotopic (exact) mass is 342 g/mol. The Balaban J connectivity index is 1.48. The van der Waals surface area contributed by atoms with E-state index in [0.717, 1.165) is 24.3 Å². The SMILES string of the molecule is Cc1ccc(NC(=O)C[NH+]2CCN(C(=O)c3ccco3)CC2)c(C)c1. The van der Waals surface area contributed by atoms with Crippen molar-refractivity contribution in [3.05, 3.63) is 53.5 Å². The normalized spacial score (nSPS) is 15.2.